The van der Waals surface area contributed by atoms with Crippen molar-refractivity contribution in [3.05, 3.63) is 65.0 Å². The molecule has 3 rings (SSSR count). The molecule has 0 aliphatic heterocycles. The average molecular weight is 381 g/mol. The Morgan fingerprint density at radius 2 is 1.81 bits per heavy atom. The monoisotopic (exact) mass is 380 g/mol. The molecule has 2 aromatic carbocycles. The number of hydrogen-bond donors (Lipinski definition) is 1. The van der Waals surface area contributed by atoms with Gasteiger partial charge in [0.05, 0.1) is 18.7 Å². The highest BCUT2D eigenvalue weighted by Gasteiger charge is 2.09. The van der Waals surface area contributed by atoms with E-state index < -0.39 is 0 Å². The zero-order chi connectivity index (χ0) is 19.2. The van der Waals surface area contributed by atoms with E-state index in [-0.39, 0.29) is 5.91 Å². The summed E-state index contributed by atoms with van der Waals surface area (Å²) in [7, 11) is 0. The molecular formula is C22H24N2O2S. The zero-order valence-corrected chi connectivity index (χ0v) is 16.7. The molecule has 0 spiro atoms. The summed E-state index contributed by atoms with van der Waals surface area (Å²) >= 11 is 1.44. The molecule has 1 N–H and O–H groups in total. The Morgan fingerprint density at radius 3 is 2.44 bits per heavy atom. The fourth-order valence-corrected chi connectivity index (χ4v) is 3.46. The Balaban J connectivity index is 1.60. The molecule has 0 fully saturated rings. The molecule has 0 aliphatic rings. The van der Waals surface area contributed by atoms with Gasteiger partial charge in [-0.25, -0.2) is 4.98 Å². The van der Waals surface area contributed by atoms with Crippen molar-refractivity contribution in [2.24, 2.45) is 0 Å². The molecule has 27 heavy (non-hydrogen) atoms. The lowest BCUT2D eigenvalue weighted by Gasteiger charge is -2.06. The maximum Gasteiger partial charge on any atom is 0.230 e. The highest BCUT2D eigenvalue weighted by atomic mass is 32.1. The Bertz CT molecular complexity index is 883. The Kier molecular flexibility index (Phi) is 6.24. The Hall–Kier alpha value is -2.66. The number of nitrogens with zero attached hydrogens (tertiary/aromatic N) is 1. The topological polar surface area (TPSA) is 51.2 Å². The molecule has 0 radical (unpaired) electrons. The molecule has 1 heterocycles. The van der Waals surface area contributed by atoms with Gasteiger partial charge in [-0.05, 0) is 36.1 Å². The van der Waals surface area contributed by atoms with Crippen molar-refractivity contribution in [1.29, 1.82) is 0 Å². The molecule has 3 aromatic rings. The summed E-state index contributed by atoms with van der Waals surface area (Å²) in [4.78, 5) is 16.8. The first-order valence-electron chi connectivity index (χ1n) is 9.12. The summed E-state index contributed by atoms with van der Waals surface area (Å²) < 4.78 is 5.42. The lowest BCUT2D eigenvalue weighted by molar-refractivity contribution is -0.115. The number of benzene rings is 2. The maximum absolute atomic E-state index is 12.3. The second-order valence-electron chi connectivity index (χ2n) is 6.62. The van der Waals surface area contributed by atoms with Crippen molar-refractivity contribution in [2.45, 2.75) is 33.1 Å². The van der Waals surface area contributed by atoms with Crippen LogP contribution in [0.15, 0.2) is 53.9 Å². The molecule has 0 bridgehead atoms. The van der Waals surface area contributed by atoms with Crippen LogP contribution in [0.2, 0.25) is 0 Å². The van der Waals surface area contributed by atoms with Crippen LogP contribution < -0.4 is 10.1 Å². The van der Waals surface area contributed by atoms with Crippen molar-refractivity contribution < 1.29 is 9.53 Å². The van der Waals surface area contributed by atoms with E-state index in [1.165, 1.54) is 16.9 Å². The van der Waals surface area contributed by atoms with E-state index in [2.05, 4.69) is 48.4 Å². The summed E-state index contributed by atoms with van der Waals surface area (Å²) in [6.45, 7) is 6.93. The minimum Gasteiger partial charge on any atom is -0.494 e. The minimum absolute atomic E-state index is 0.0739. The largest absolute Gasteiger partial charge is 0.494 e. The van der Waals surface area contributed by atoms with Gasteiger partial charge in [0.1, 0.15) is 5.75 Å². The van der Waals surface area contributed by atoms with Gasteiger partial charge < -0.3 is 10.1 Å². The molecule has 4 nitrogen and oxygen atoms in total. The van der Waals surface area contributed by atoms with E-state index in [4.69, 9.17) is 4.74 Å². The lowest BCUT2D eigenvalue weighted by atomic mass is 10.0. The van der Waals surface area contributed by atoms with Gasteiger partial charge in [0.25, 0.3) is 0 Å². The highest BCUT2D eigenvalue weighted by Crippen LogP contribution is 2.26. The number of anilines is 1. The van der Waals surface area contributed by atoms with Crippen molar-refractivity contribution in [3.8, 4) is 17.0 Å². The quantitative estimate of drug-likeness (QED) is 0.588. The van der Waals surface area contributed by atoms with Gasteiger partial charge in [-0.15, -0.1) is 11.3 Å². The third-order valence-corrected chi connectivity index (χ3v) is 4.98. The summed E-state index contributed by atoms with van der Waals surface area (Å²) in [5, 5.41) is 5.48. The third kappa shape index (κ3) is 5.17. The second kappa shape index (κ2) is 8.82. The minimum atomic E-state index is -0.0739. The number of hydrogen-bond acceptors (Lipinski definition) is 4. The number of thiazole rings is 1. The number of carbonyl (C=O) groups is 1. The maximum atomic E-state index is 12.3. The smallest absolute Gasteiger partial charge is 0.230 e. The van der Waals surface area contributed by atoms with E-state index in [1.54, 1.807) is 0 Å². The number of carbonyl (C=O) groups excluding carboxylic acids is 1. The predicted molar refractivity (Wildman–Crippen MR) is 112 cm³/mol. The molecule has 1 aromatic heterocycles. The van der Waals surface area contributed by atoms with Crippen molar-refractivity contribution in [3.63, 3.8) is 0 Å². The first-order chi connectivity index (χ1) is 13.0. The lowest BCUT2D eigenvalue weighted by Crippen LogP contribution is -2.14. The first kappa shape index (κ1) is 19.1. The second-order valence-corrected chi connectivity index (χ2v) is 7.47. The van der Waals surface area contributed by atoms with E-state index >= 15 is 0 Å². The van der Waals surface area contributed by atoms with E-state index in [0.717, 1.165) is 22.6 Å². The number of ether oxygens (including phenoxy) is 1. The Labute approximate surface area is 164 Å². The Morgan fingerprint density at radius 1 is 1.11 bits per heavy atom. The van der Waals surface area contributed by atoms with Crippen LogP contribution >= 0.6 is 11.3 Å². The number of aromatic nitrogens is 1. The molecule has 5 heteroatoms. The van der Waals surface area contributed by atoms with Crippen molar-refractivity contribution in [2.75, 3.05) is 11.9 Å². The first-order valence-corrected chi connectivity index (χ1v) is 10.0. The number of rotatable bonds is 7. The zero-order valence-electron chi connectivity index (χ0n) is 15.9. The van der Waals surface area contributed by atoms with Gasteiger partial charge in [0, 0.05) is 10.9 Å². The van der Waals surface area contributed by atoms with Crippen LogP contribution in [0.25, 0.3) is 11.3 Å². The molecule has 0 unspecified atom stereocenters. The SMILES string of the molecule is CCOc1ccc(CC(=O)Nc2nc(-c3ccc(C(C)C)cc3)cs2)cc1. The van der Waals surface area contributed by atoms with Gasteiger partial charge in [0.2, 0.25) is 5.91 Å². The highest BCUT2D eigenvalue weighted by molar-refractivity contribution is 7.14. The predicted octanol–water partition coefficient (Wildman–Crippen LogP) is 5.51. The van der Waals surface area contributed by atoms with Crippen LogP contribution in [-0.4, -0.2) is 17.5 Å². The van der Waals surface area contributed by atoms with E-state index in [0.29, 0.717) is 24.1 Å². The molecular weight excluding hydrogens is 356 g/mol. The third-order valence-electron chi connectivity index (χ3n) is 4.22. The standard InChI is InChI=1S/C22H24N2O2S/c1-4-26-19-11-5-16(6-12-19)13-21(25)24-22-23-20(14-27-22)18-9-7-17(8-10-18)15(2)3/h5-12,14-15H,4,13H2,1-3H3,(H,23,24,25). The summed E-state index contributed by atoms with van der Waals surface area (Å²) in [5.74, 6) is 1.25. The fraction of sp³-hybridized carbons (Fsp3) is 0.273. The number of nitrogens with one attached hydrogen (secondary N) is 1. The van der Waals surface area contributed by atoms with Gasteiger partial charge in [0.15, 0.2) is 5.13 Å². The molecule has 0 atom stereocenters. The molecule has 0 aliphatic carbocycles. The van der Waals surface area contributed by atoms with Gasteiger partial charge >= 0.3 is 0 Å². The summed E-state index contributed by atoms with van der Waals surface area (Å²) in [5.41, 5.74) is 4.18. The fourth-order valence-electron chi connectivity index (χ4n) is 2.72. The van der Waals surface area contributed by atoms with Crippen LogP contribution in [0.3, 0.4) is 0 Å². The van der Waals surface area contributed by atoms with Gasteiger partial charge in [-0.3, -0.25) is 4.79 Å². The molecule has 0 saturated heterocycles. The molecule has 1 amide bonds. The molecule has 140 valence electrons. The van der Waals surface area contributed by atoms with E-state index in [9.17, 15) is 4.79 Å². The van der Waals surface area contributed by atoms with Gasteiger partial charge in [-0.1, -0.05) is 50.2 Å². The number of amides is 1. The average Bonchev–Trinajstić information content (AvgIpc) is 3.12. The van der Waals surface area contributed by atoms with Crippen molar-refractivity contribution >= 4 is 22.4 Å². The van der Waals surface area contributed by atoms with E-state index in [1.807, 2.05) is 36.6 Å². The van der Waals surface area contributed by atoms with Crippen LogP contribution in [0.4, 0.5) is 5.13 Å². The summed E-state index contributed by atoms with van der Waals surface area (Å²) in [6, 6.07) is 16.0. The normalized spacial score (nSPS) is 10.8. The summed E-state index contributed by atoms with van der Waals surface area (Å²) in [6.07, 6.45) is 0.310. The van der Waals surface area contributed by atoms with Crippen LogP contribution in [0.1, 0.15) is 37.8 Å². The molecule has 0 saturated carbocycles. The van der Waals surface area contributed by atoms with Gasteiger partial charge in [-0.2, -0.15) is 0 Å². The van der Waals surface area contributed by atoms with Crippen LogP contribution in [0, 0.1) is 0 Å². The van der Waals surface area contributed by atoms with Crippen LogP contribution in [0.5, 0.6) is 5.75 Å². The van der Waals surface area contributed by atoms with Crippen molar-refractivity contribution in [1.82, 2.24) is 4.98 Å². The van der Waals surface area contributed by atoms with Crippen LogP contribution in [-0.2, 0) is 11.2 Å².